The second-order valence-electron chi connectivity index (χ2n) is 4.01. The predicted octanol–water partition coefficient (Wildman–Crippen LogP) is 1.38. The minimum absolute atomic E-state index is 0.0571. The van der Waals surface area contributed by atoms with Crippen LogP contribution in [-0.2, 0) is 4.74 Å². The number of rotatable bonds is 1. The maximum absolute atomic E-state index is 12.1. The molecule has 1 unspecified atom stereocenters. The summed E-state index contributed by atoms with van der Waals surface area (Å²) in [6.07, 6.45) is 3.69. The first-order valence-electron chi connectivity index (χ1n) is 5.55. The van der Waals surface area contributed by atoms with Gasteiger partial charge in [-0.05, 0) is 13.3 Å². The largest absolute Gasteiger partial charge is 0.377 e. The van der Waals surface area contributed by atoms with Gasteiger partial charge in [0.15, 0.2) is 0 Å². The first kappa shape index (κ1) is 12.3. The van der Waals surface area contributed by atoms with E-state index in [-0.39, 0.29) is 17.2 Å². The number of halogens is 1. The van der Waals surface area contributed by atoms with E-state index in [1.165, 1.54) is 12.4 Å². The van der Waals surface area contributed by atoms with Crippen LogP contribution in [-0.4, -0.2) is 46.6 Å². The normalized spacial score (nSPS) is 21.1. The second-order valence-corrected chi connectivity index (χ2v) is 4.40. The quantitative estimate of drug-likeness (QED) is 0.761. The zero-order chi connectivity index (χ0) is 12.3. The Balaban J connectivity index is 2.10. The lowest BCUT2D eigenvalue weighted by Gasteiger charge is -2.21. The zero-order valence-electron chi connectivity index (χ0n) is 9.60. The highest BCUT2D eigenvalue weighted by Gasteiger charge is 2.22. The van der Waals surface area contributed by atoms with Gasteiger partial charge >= 0.3 is 0 Å². The average molecular weight is 256 g/mol. The summed E-state index contributed by atoms with van der Waals surface area (Å²) in [4.78, 5) is 21.7. The van der Waals surface area contributed by atoms with Crippen molar-refractivity contribution < 1.29 is 9.53 Å². The number of ether oxygens (including phenoxy) is 1. The van der Waals surface area contributed by atoms with E-state index in [2.05, 4.69) is 9.97 Å². The fraction of sp³-hybridized carbons (Fsp3) is 0.545. The molecule has 0 aromatic carbocycles. The Labute approximate surface area is 105 Å². The summed E-state index contributed by atoms with van der Waals surface area (Å²) in [5, 5.41) is 0.286. The molecule has 1 aromatic heterocycles. The molecule has 1 aromatic rings. The Morgan fingerprint density at radius 3 is 3.06 bits per heavy atom. The molecule has 6 heteroatoms. The molecule has 0 spiro atoms. The molecule has 5 nitrogen and oxygen atoms in total. The van der Waals surface area contributed by atoms with Crippen molar-refractivity contribution in [3.8, 4) is 0 Å². The first-order valence-corrected chi connectivity index (χ1v) is 5.93. The van der Waals surface area contributed by atoms with Gasteiger partial charge in [0, 0.05) is 19.7 Å². The van der Waals surface area contributed by atoms with Crippen molar-refractivity contribution in [2.75, 3.05) is 19.7 Å². The van der Waals surface area contributed by atoms with Crippen LogP contribution in [0.3, 0.4) is 0 Å². The van der Waals surface area contributed by atoms with Crippen LogP contribution in [0.2, 0.25) is 5.15 Å². The van der Waals surface area contributed by atoms with Crippen LogP contribution in [0.25, 0.3) is 0 Å². The summed E-state index contributed by atoms with van der Waals surface area (Å²) in [5.41, 5.74) is 0.323. The fourth-order valence-corrected chi connectivity index (χ4v) is 1.86. The van der Waals surface area contributed by atoms with Gasteiger partial charge in [-0.15, -0.1) is 0 Å². The van der Waals surface area contributed by atoms with E-state index in [1.807, 2.05) is 6.92 Å². The smallest absolute Gasteiger partial charge is 0.274 e. The van der Waals surface area contributed by atoms with Crippen molar-refractivity contribution in [3.63, 3.8) is 0 Å². The zero-order valence-corrected chi connectivity index (χ0v) is 10.4. The molecule has 17 heavy (non-hydrogen) atoms. The van der Waals surface area contributed by atoms with Crippen LogP contribution < -0.4 is 0 Å². The van der Waals surface area contributed by atoms with Crippen LogP contribution in [0, 0.1) is 0 Å². The number of hydrogen-bond donors (Lipinski definition) is 0. The minimum Gasteiger partial charge on any atom is -0.377 e. The summed E-state index contributed by atoms with van der Waals surface area (Å²) in [7, 11) is 0. The van der Waals surface area contributed by atoms with Crippen molar-refractivity contribution in [1.29, 1.82) is 0 Å². The summed E-state index contributed by atoms with van der Waals surface area (Å²) in [6.45, 7) is 3.92. The molecule has 0 radical (unpaired) electrons. The lowest BCUT2D eigenvalue weighted by Crippen LogP contribution is -2.36. The molecule has 1 aliphatic rings. The maximum atomic E-state index is 12.1. The van der Waals surface area contributed by atoms with Gasteiger partial charge in [0.1, 0.15) is 10.8 Å². The highest BCUT2D eigenvalue weighted by atomic mass is 35.5. The van der Waals surface area contributed by atoms with Gasteiger partial charge in [0.05, 0.1) is 18.5 Å². The Morgan fingerprint density at radius 1 is 1.53 bits per heavy atom. The van der Waals surface area contributed by atoms with Gasteiger partial charge in [-0.25, -0.2) is 9.97 Å². The van der Waals surface area contributed by atoms with E-state index < -0.39 is 0 Å². The Morgan fingerprint density at radius 2 is 2.35 bits per heavy atom. The lowest BCUT2D eigenvalue weighted by atomic mass is 10.3. The number of carbonyl (C=O) groups is 1. The fourth-order valence-electron chi connectivity index (χ4n) is 1.76. The van der Waals surface area contributed by atoms with E-state index in [1.54, 1.807) is 4.90 Å². The Kier molecular flexibility index (Phi) is 3.91. The molecule has 1 atom stereocenters. The first-order chi connectivity index (χ1) is 8.16. The van der Waals surface area contributed by atoms with E-state index in [9.17, 15) is 4.79 Å². The molecule has 2 rings (SSSR count). The van der Waals surface area contributed by atoms with Crippen molar-refractivity contribution in [1.82, 2.24) is 14.9 Å². The summed E-state index contributed by atoms with van der Waals surface area (Å²) in [5.74, 6) is -0.119. The van der Waals surface area contributed by atoms with Crippen molar-refractivity contribution >= 4 is 17.5 Å². The van der Waals surface area contributed by atoms with Gasteiger partial charge in [-0.3, -0.25) is 4.79 Å². The summed E-state index contributed by atoms with van der Waals surface area (Å²) >= 11 is 5.63. The van der Waals surface area contributed by atoms with Gasteiger partial charge in [-0.2, -0.15) is 0 Å². The minimum atomic E-state index is -0.119. The topological polar surface area (TPSA) is 55.3 Å². The Bertz CT molecular complexity index is 396. The third-order valence-electron chi connectivity index (χ3n) is 2.58. The van der Waals surface area contributed by atoms with E-state index >= 15 is 0 Å². The van der Waals surface area contributed by atoms with E-state index in [4.69, 9.17) is 16.3 Å². The lowest BCUT2D eigenvalue weighted by molar-refractivity contribution is 0.0559. The molecule has 92 valence electrons. The predicted molar refractivity (Wildman–Crippen MR) is 63.0 cm³/mol. The standard InChI is InChI=1S/C11H14ClN3O2/c1-8-7-15(3-2-4-17-8)11(16)9-5-14-10(12)6-13-9/h5-6,8H,2-4,7H2,1H3. The monoisotopic (exact) mass is 255 g/mol. The van der Waals surface area contributed by atoms with Crippen LogP contribution in [0.15, 0.2) is 12.4 Å². The molecule has 0 aliphatic carbocycles. The molecule has 2 heterocycles. The summed E-state index contributed by atoms with van der Waals surface area (Å²) in [6, 6.07) is 0. The molecule has 0 saturated carbocycles. The highest BCUT2D eigenvalue weighted by Crippen LogP contribution is 2.10. The molecule has 0 N–H and O–H groups in total. The molecule has 1 aliphatic heterocycles. The maximum Gasteiger partial charge on any atom is 0.274 e. The average Bonchev–Trinajstić information content (AvgIpc) is 2.54. The van der Waals surface area contributed by atoms with E-state index in [0.29, 0.717) is 25.4 Å². The Hall–Kier alpha value is -1.20. The van der Waals surface area contributed by atoms with Crippen LogP contribution >= 0.6 is 11.6 Å². The molecule has 1 amide bonds. The molecule has 1 fully saturated rings. The number of nitrogens with zero attached hydrogens (tertiary/aromatic N) is 3. The molecular formula is C11H14ClN3O2. The number of carbonyl (C=O) groups excluding carboxylic acids is 1. The van der Waals surface area contributed by atoms with Gasteiger partial charge in [0.25, 0.3) is 5.91 Å². The van der Waals surface area contributed by atoms with Gasteiger partial charge < -0.3 is 9.64 Å². The van der Waals surface area contributed by atoms with Crippen LogP contribution in [0.5, 0.6) is 0 Å². The number of hydrogen-bond acceptors (Lipinski definition) is 4. The third-order valence-corrected chi connectivity index (χ3v) is 2.77. The molecular weight excluding hydrogens is 242 g/mol. The summed E-state index contributed by atoms with van der Waals surface area (Å²) < 4.78 is 5.49. The van der Waals surface area contributed by atoms with Gasteiger partial charge in [0.2, 0.25) is 0 Å². The third kappa shape index (κ3) is 3.14. The second kappa shape index (κ2) is 5.42. The van der Waals surface area contributed by atoms with Crippen LogP contribution in [0.1, 0.15) is 23.8 Å². The number of amides is 1. The van der Waals surface area contributed by atoms with E-state index in [0.717, 1.165) is 6.42 Å². The van der Waals surface area contributed by atoms with Crippen molar-refractivity contribution in [3.05, 3.63) is 23.2 Å². The van der Waals surface area contributed by atoms with Crippen molar-refractivity contribution in [2.24, 2.45) is 0 Å². The highest BCUT2D eigenvalue weighted by molar-refractivity contribution is 6.29. The van der Waals surface area contributed by atoms with Crippen LogP contribution in [0.4, 0.5) is 0 Å². The van der Waals surface area contributed by atoms with Gasteiger partial charge in [-0.1, -0.05) is 11.6 Å². The van der Waals surface area contributed by atoms with Crippen molar-refractivity contribution in [2.45, 2.75) is 19.4 Å². The number of aromatic nitrogens is 2. The molecule has 0 bridgehead atoms. The molecule has 1 saturated heterocycles. The SMILES string of the molecule is CC1CN(C(=O)c2cnc(Cl)cn2)CCCO1.